The molecule has 6 heteroatoms. The van der Waals surface area contributed by atoms with Gasteiger partial charge in [0.15, 0.2) is 6.61 Å². The molecule has 4 nitrogen and oxygen atoms in total. The van der Waals surface area contributed by atoms with E-state index < -0.39 is 0 Å². The second kappa shape index (κ2) is 10.8. The van der Waals surface area contributed by atoms with Crippen molar-refractivity contribution in [2.75, 3.05) is 13.7 Å². The first-order valence-corrected chi connectivity index (χ1v) is 11.9. The van der Waals surface area contributed by atoms with Gasteiger partial charge in [-0.25, -0.2) is 4.79 Å². The number of ether oxygens (including phenoxy) is 3. The van der Waals surface area contributed by atoms with Gasteiger partial charge in [-0.1, -0.05) is 35.9 Å². The van der Waals surface area contributed by atoms with Crippen LogP contribution >= 0.6 is 23.4 Å². The molecule has 0 bridgehead atoms. The highest BCUT2D eigenvalue weighted by Gasteiger charge is 2.20. The van der Waals surface area contributed by atoms with Gasteiger partial charge in [0.25, 0.3) is 0 Å². The standard InChI is InChI=1S/C26H25ClO4S/c1-29-26(28)16-31-24-13-14-25(23-4-2-3-22(23)24)32-17-19-7-11-21(12-8-19)30-15-18-5-9-20(27)10-6-18/h5-14H,2-4,15-17H2,1H3. The SMILES string of the molecule is COC(=O)COc1ccc(SCc2ccc(OCc3ccc(Cl)cc3)cc2)c2c1CCC2. The molecule has 0 radical (unpaired) electrons. The molecule has 0 atom stereocenters. The molecule has 1 aliphatic rings. The summed E-state index contributed by atoms with van der Waals surface area (Å²) >= 11 is 7.76. The van der Waals surface area contributed by atoms with E-state index in [9.17, 15) is 4.79 Å². The molecular formula is C26H25ClO4S. The van der Waals surface area contributed by atoms with Crippen LogP contribution in [0.1, 0.15) is 28.7 Å². The van der Waals surface area contributed by atoms with Gasteiger partial charge < -0.3 is 14.2 Å². The zero-order valence-corrected chi connectivity index (χ0v) is 19.5. The van der Waals surface area contributed by atoms with Crippen molar-refractivity contribution in [1.29, 1.82) is 0 Å². The topological polar surface area (TPSA) is 44.8 Å². The number of hydrogen-bond donors (Lipinski definition) is 0. The van der Waals surface area contributed by atoms with Crippen LogP contribution in [0, 0.1) is 0 Å². The summed E-state index contributed by atoms with van der Waals surface area (Å²) in [5, 5.41) is 0.726. The monoisotopic (exact) mass is 468 g/mol. The molecule has 0 aromatic heterocycles. The summed E-state index contributed by atoms with van der Waals surface area (Å²) in [6, 6.07) is 20.0. The molecule has 32 heavy (non-hydrogen) atoms. The van der Waals surface area contributed by atoms with E-state index in [1.807, 2.05) is 54.2 Å². The number of esters is 1. The molecule has 0 fully saturated rings. The molecule has 0 saturated heterocycles. The van der Waals surface area contributed by atoms with E-state index in [0.717, 1.165) is 47.1 Å². The maximum absolute atomic E-state index is 11.4. The Hall–Kier alpha value is -2.63. The molecule has 0 unspecified atom stereocenters. The maximum Gasteiger partial charge on any atom is 0.343 e. The lowest BCUT2D eigenvalue weighted by Gasteiger charge is -2.14. The average molecular weight is 469 g/mol. The Kier molecular flexibility index (Phi) is 7.61. The summed E-state index contributed by atoms with van der Waals surface area (Å²) in [7, 11) is 1.37. The van der Waals surface area contributed by atoms with E-state index in [0.29, 0.717) is 6.61 Å². The molecule has 0 saturated carbocycles. The molecule has 3 aromatic carbocycles. The molecule has 166 valence electrons. The quantitative estimate of drug-likeness (QED) is 0.274. The number of halogens is 1. The molecule has 0 aliphatic heterocycles. The third kappa shape index (κ3) is 5.78. The Morgan fingerprint density at radius 3 is 2.38 bits per heavy atom. The Morgan fingerprint density at radius 2 is 1.62 bits per heavy atom. The number of rotatable bonds is 9. The number of methoxy groups -OCH3 is 1. The zero-order valence-electron chi connectivity index (χ0n) is 17.9. The van der Waals surface area contributed by atoms with Gasteiger partial charge in [-0.05, 0) is 77.9 Å². The van der Waals surface area contributed by atoms with Gasteiger partial charge >= 0.3 is 5.97 Å². The fourth-order valence-corrected chi connectivity index (χ4v) is 4.90. The summed E-state index contributed by atoms with van der Waals surface area (Å²) in [6.07, 6.45) is 3.14. The highest BCUT2D eigenvalue weighted by molar-refractivity contribution is 7.98. The lowest BCUT2D eigenvalue weighted by atomic mass is 10.1. The van der Waals surface area contributed by atoms with Crippen molar-refractivity contribution >= 4 is 29.3 Å². The fourth-order valence-electron chi connectivity index (χ4n) is 3.70. The van der Waals surface area contributed by atoms with Crippen LogP contribution in [0.25, 0.3) is 0 Å². The summed E-state index contributed by atoms with van der Waals surface area (Å²) in [5.74, 6) is 2.17. The summed E-state index contributed by atoms with van der Waals surface area (Å²) in [6.45, 7) is 0.462. The van der Waals surface area contributed by atoms with Gasteiger partial charge in [0.2, 0.25) is 0 Å². The van der Waals surface area contributed by atoms with E-state index in [1.165, 1.54) is 28.7 Å². The zero-order chi connectivity index (χ0) is 22.3. The van der Waals surface area contributed by atoms with Crippen LogP contribution in [-0.4, -0.2) is 19.7 Å². The van der Waals surface area contributed by atoms with E-state index in [1.54, 1.807) is 0 Å². The third-order valence-corrected chi connectivity index (χ3v) is 6.83. The molecule has 0 N–H and O–H groups in total. The lowest BCUT2D eigenvalue weighted by Crippen LogP contribution is -2.13. The maximum atomic E-state index is 11.4. The normalized spacial score (nSPS) is 12.3. The largest absolute Gasteiger partial charge is 0.489 e. The number of fused-ring (bicyclic) bond motifs is 1. The minimum atomic E-state index is -0.365. The van der Waals surface area contributed by atoms with Crippen molar-refractivity contribution in [2.45, 2.75) is 36.5 Å². The van der Waals surface area contributed by atoms with Crippen LogP contribution in [0.2, 0.25) is 5.02 Å². The smallest absolute Gasteiger partial charge is 0.343 e. The average Bonchev–Trinajstić information content (AvgIpc) is 3.32. The molecule has 0 amide bonds. The number of thioether (sulfide) groups is 1. The number of carbonyl (C=O) groups excluding carboxylic acids is 1. The van der Waals surface area contributed by atoms with Gasteiger partial charge in [0, 0.05) is 15.7 Å². The predicted octanol–water partition coefficient (Wildman–Crippen LogP) is 6.25. The highest BCUT2D eigenvalue weighted by Crippen LogP contribution is 2.38. The van der Waals surface area contributed by atoms with Crippen LogP contribution in [0.15, 0.2) is 65.6 Å². The van der Waals surface area contributed by atoms with Crippen LogP contribution < -0.4 is 9.47 Å². The van der Waals surface area contributed by atoms with E-state index in [2.05, 4.69) is 22.9 Å². The second-order valence-electron chi connectivity index (χ2n) is 7.59. The van der Waals surface area contributed by atoms with E-state index >= 15 is 0 Å². The van der Waals surface area contributed by atoms with Crippen molar-refractivity contribution in [3.63, 3.8) is 0 Å². The van der Waals surface area contributed by atoms with Gasteiger partial charge in [-0.3, -0.25) is 0 Å². The highest BCUT2D eigenvalue weighted by atomic mass is 35.5. The molecule has 3 aromatic rings. The molecule has 0 heterocycles. The first kappa shape index (κ1) is 22.6. The van der Waals surface area contributed by atoms with Crippen LogP contribution in [0.3, 0.4) is 0 Å². The summed E-state index contributed by atoms with van der Waals surface area (Å²) < 4.78 is 16.2. The van der Waals surface area contributed by atoms with Gasteiger partial charge in [0.05, 0.1) is 7.11 Å². The summed E-state index contributed by atoms with van der Waals surface area (Å²) in [5.41, 5.74) is 4.90. The minimum Gasteiger partial charge on any atom is -0.489 e. The summed E-state index contributed by atoms with van der Waals surface area (Å²) in [4.78, 5) is 12.7. The first-order chi connectivity index (χ1) is 15.6. The van der Waals surface area contributed by atoms with Crippen LogP contribution in [-0.2, 0) is 34.7 Å². The van der Waals surface area contributed by atoms with Crippen LogP contribution in [0.4, 0.5) is 0 Å². The lowest BCUT2D eigenvalue weighted by molar-refractivity contribution is -0.142. The van der Waals surface area contributed by atoms with Crippen molar-refractivity contribution in [1.82, 2.24) is 0 Å². The third-order valence-electron chi connectivity index (χ3n) is 5.41. The fraction of sp³-hybridized carbons (Fsp3) is 0.269. The van der Waals surface area contributed by atoms with Crippen molar-refractivity contribution in [3.8, 4) is 11.5 Å². The van der Waals surface area contributed by atoms with Crippen LogP contribution in [0.5, 0.6) is 11.5 Å². The molecule has 0 spiro atoms. The number of carbonyl (C=O) groups is 1. The van der Waals surface area contributed by atoms with Crippen molar-refractivity contribution < 1.29 is 19.0 Å². The molecule has 4 rings (SSSR count). The Labute approximate surface area is 197 Å². The number of benzene rings is 3. The predicted molar refractivity (Wildman–Crippen MR) is 128 cm³/mol. The Morgan fingerprint density at radius 1 is 0.906 bits per heavy atom. The number of hydrogen-bond acceptors (Lipinski definition) is 5. The first-order valence-electron chi connectivity index (χ1n) is 10.6. The minimum absolute atomic E-state index is 0.0537. The van der Waals surface area contributed by atoms with Gasteiger partial charge in [-0.15, -0.1) is 11.8 Å². The van der Waals surface area contributed by atoms with E-state index in [4.69, 9.17) is 21.1 Å². The van der Waals surface area contributed by atoms with Gasteiger partial charge in [0.1, 0.15) is 18.1 Å². The second-order valence-corrected chi connectivity index (χ2v) is 9.04. The van der Waals surface area contributed by atoms with Crippen molar-refractivity contribution in [3.05, 3.63) is 87.9 Å². The Bertz CT molecular complexity index is 1060. The molecular weight excluding hydrogens is 444 g/mol. The Balaban J connectivity index is 1.34. The van der Waals surface area contributed by atoms with Gasteiger partial charge in [-0.2, -0.15) is 0 Å². The van der Waals surface area contributed by atoms with E-state index in [-0.39, 0.29) is 12.6 Å². The van der Waals surface area contributed by atoms with Crippen molar-refractivity contribution in [2.24, 2.45) is 0 Å². The molecule has 1 aliphatic carbocycles.